The Morgan fingerprint density at radius 3 is 1.84 bits per heavy atom. The van der Waals surface area contributed by atoms with Crippen LogP contribution in [0.3, 0.4) is 0 Å². The fourth-order valence-electron chi connectivity index (χ4n) is 1.60. The predicted molar refractivity (Wildman–Crippen MR) is 75.4 cm³/mol. The van der Waals surface area contributed by atoms with Crippen LogP contribution in [0.4, 0.5) is 0 Å². The molecule has 0 bridgehead atoms. The van der Waals surface area contributed by atoms with E-state index >= 15 is 0 Å². The molecule has 5 nitrogen and oxygen atoms in total. The van der Waals surface area contributed by atoms with Crippen LogP contribution in [-0.4, -0.2) is 34.8 Å². The van der Waals surface area contributed by atoms with Crippen molar-refractivity contribution in [3.63, 3.8) is 0 Å². The molecule has 0 fully saturated rings. The summed E-state index contributed by atoms with van der Waals surface area (Å²) in [4.78, 5) is 12.1. The molecule has 114 valence electrons. The SMILES string of the molecule is CCCCC(C)C(=O)O[Si](OCC)(OCC)OCC. The molecule has 0 spiro atoms. The number of carbonyl (C=O) groups excluding carboxylic acids is 1. The Balaban J connectivity index is 4.63. The van der Waals surface area contributed by atoms with Crippen molar-refractivity contribution in [2.45, 2.75) is 53.9 Å². The van der Waals surface area contributed by atoms with Gasteiger partial charge >= 0.3 is 9.05 Å². The summed E-state index contributed by atoms with van der Waals surface area (Å²) in [6, 6.07) is 0. The van der Waals surface area contributed by atoms with Crippen LogP contribution in [0.25, 0.3) is 0 Å². The molecule has 0 amide bonds. The molecule has 19 heavy (non-hydrogen) atoms. The lowest BCUT2D eigenvalue weighted by molar-refractivity contribution is -0.149. The molecule has 0 aromatic heterocycles. The molecule has 0 rings (SSSR count). The van der Waals surface area contributed by atoms with Crippen LogP contribution in [-0.2, 0) is 22.5 Å². The Morgan fingerprint density at radius 1 is 1.00 bits per heavy atom. The van der Waals surface area contributed by atoms with Gasteiger partial charge in [0.25, 0.3) is 5.97 Å². The summed E-state index contributed by atoms with van der Waals surface area (Å²) >= 11 is 0. The van der Waals surface area contributed by atoms with E-state index in [0.29, 0.717) is 19.8 Å². The van der Waals surface area contributed by atoms with Gasteiger partial charge in [0.1, 0.15) is 0 Å². The van der Waals surface area contributed by atoms with E-state index in [2.05, 4.69) is 6.92 Å². The summed E-state index contributed by atoms with van der Waals surface area (Å²) in [5, 5.41) is 0. The van der Waals surface area contributed by atoms with Crippen LogP contribution in [0.15, 0.2) is 0 Å². The van der Waals surface area contributed by atoms with Crippen molar-refractivity contribution in [1.82, 2.24) is 0 Å². The maximum absolute atomic E-state index is 12.1. The summed E-state index contributed by atoms with van der Waals surface area (Å²) in [6.07, 6.45) is 2.87. The third kappa shape index (κ3) is 7.05. The first-order valence-electron chi connectivity index (χ1n) is 7.19. The summed E-state index contributed by atoms with van der Waals surface area (Å²) in [6.45, 7) is 10.6. The van der Waals surface area contributed by atoms with Gasteiger partial charge in [-0.3, -0.25) is 4.79 Å². The van der Waals surface area contributed by atoms with Crippen LogP contribution in [0.1, 0.15) is 53.9 Å². The fraction of sp³-hybridized carbons (Fsp3) is 0.923. The van der Waals surface area contributed by atoms with Gasteiger partial charge in [0.2, 0.25) is 0 Å². The van der Waals surface area contributed by atoms with Crippen molar-refractivity contribution < 1.29 is 22.5 Å². The zero-order valence-corrected chi connectivity index (χ0v) is 13.9. The molecule has 1 atom stereocenters. The highest BCUT2D eigenvalue weighted by Gasteiger charge is 2.49. The Bertz CT molecular complexity index is 230. The monoisotopic (exact) mass is 292 g/mol. The molecular formula is C13H28O5Si. The lowest BCUT2D eigenvalue weighted by atomic mass is 10.1. The van der Waals surface area contributed by atoms with E-state index in [1.807, 2.05) is 27.7 Å². The molecule has 0 aliphatic rings. The first-order valence-corrected chi connectivity index (χ1v) is 8.83. The van der Waals surface area contributed by atoms with Gasteiger partial charge in [-0.2, -0.15) is 0 Å². The topological polar surface area (TPSA) is 54.0 Å². The summed E-state index contributed by atoms with van der Waals surface area (Å²) in [5.41, 5.74) is 0. The van der Waals surface area contributed by atoms with Crippen LogP contribution in [0.5, 0.6) is 0 Å². The maximum atomic E-state index is 12.1. The zero-order valence-electron chi connectivity index (χ0n) is 12.9. The minimum atomic E-state index is -3.31. The normalized spacial score (nSPS) is 13.3. The third-order valence-corrected chi connectivity index (χ3v) is 4.96. The molecule has 6 heteroatoms. The average Bonchev–Trinajstić information content (AvgIpc) is 2.36. The minimum absolute atomic E-state index is 0.159. The molecule has 1 unspecified atom stereocenters. The highest BCUT2D eigenvalue weighted by atomic mass is 28.4. The Hall–Kier alpha value is -0.433. The van der Waals surface area contributed by atoms with Crippen LogP contribution in [0.2, 0.25) is 0 Å². The minimum Gasteiger partial charge on any atom is -0.452 e. The first kappa shape index (κ1) is 18.6. The Kier molecular flexibility index (Phi) is 10.1. The zero-order chi connectivity index (χ0) is 14.7. The largest absolute Gasteiger partial charge is 0.751 e. The van der Waals surface area contributed by atoms with Gasteiger partial charge in [0.15, 0.2) is 0 Å². The maximum Gasteiger partial charge on any atom is 0.751 e. The number of rotatable bonds is 11. The van der Waals surface area contributed by atoms with Gasteiger partial charge in [-0.05, 0) is 27.2 Å². The molecule has 0 radical (unpaired) electrons. The second-order valence-corrected chi connectivity index (χ2v) is 6.33. The second-order valence-electron chi connectivity index (χ2n) is 4.26. The van der Waals surface area contributed by atoms with E-state index < -0.39 is 9.05 Å². The van der Waals surface area contributed by atoms with Gasteiger partial charge < -0.3 is 17.7 Å². The standard InChI is InChI=1S/C13H28O5Si/c1-6-10-11-12(5)13(14)18-19(15-7-2,16-8-3)17-9-4/h12H,6-11H2,1-5H3. The lowest BCUT2D eigenvalue weighted by Gasteiger charge is -2.27. The summed E-state index contributed by atoms with van der Waals surface area (Å²) in [5.74, 6) is -0.455. The molecule has 0 saturated heterocycles. The quantitative estimate of drug-likeness (QED) is 0.548. The number of hydrogen-bond acceptors (Lipinski definition) is 5. The number of carbonyl (C=O) groups is 1. The average molecular weight is 292 g/mol. The fourth-order valence-corrected chi connectivity index (χ4v) is 3.53. The summed E-state index contributed by atoms with van der Waals surface area (Å²) < 4.78 is 21.9. The van der Waals surface area contributed by atoms with Crippen molar-refractivity contribution in [1.29, 1.82) is 0 Å². The number of unbranched alkanes of at least 4 members (excludes halogenated alkanes) is 1. The molecule has 0 aromatic rings. The van der Waals surface area contributed by atoms with E-state index in [4.69, 9.17) is 17.7 Å². The molecule has 0 aliphatic carbocycles. The molecule has 0 heterocycles. The van der Waals surface area contributed by atoms with E-state index in [9.17, 15) is 4.79 Å². The van der Waals surface area contributed by atoms with Crippen molar-refractivity contribution in [3.8, 4) is 0 Å². The first-order chi connectivity index (χ1) is 9.05. The number of hydrogen-bond donors (Lipinski definition) is 0. The van der Waals surface area contributed by atoms with Crippen LogP contribution < -0.4 is 0 Å². The second kappa shape index (κ2) is 10.4. The Labute approximate surface area is 118 Å². The van der Waals surface area contributed by atoms with Crippen molar-refractivity contribution in [2.24, 2.45) is 5.92 Å². The van der Waals surface area contributed by atoms with Crippen LogP contribution >= 0.6 is 0 Å². The predicted octanol–water partition coefficient (Wildman–Crippen LogP) is 2.90. The Morgan fingerprint density at radius 2 is 1.47 bits per heavy atom. The van der Waals surface area contributed by atoms with Crippen LogP contribution in [0, 0.1) is 5.92 Å². The van der Waals surface area contributed by atoms with Gasteiger partial charge in [-0.25, -0.2) is 0 Å². The van der Waals surface area contributed by atoms with E-state index in [1.54, 1.807) is 0 Å². The highest BCUT2D eigenvalue weighted by molar-refractivity contribution is 6.55. The molecule has 0 aliphatic heterocycles. The summed E-state index contributed by atoms with van der Waals surface area (Å²) in [7, 11) is -3.31. The lowest BCUT2D eigenvalue weighted by Crippen LogP contribution is -2.51. The van der Waals surface area contributed by atoms with Gasteiger partial charge in [-0.1, -0.05) is 26.7 Å². The highest BCUT2D eigenvalue weighted by Crippen LogP contribution is 2.17. The molecule has 0 saturated carbocycles. The smallest absolute Gasteiger partial charge is 0.452 e. The van der Waals surface area contributed by atoms with E-state index in [-0.39, 0.29) is 11.9 Å². The third-order valence-electron chi connectivity index (χ3n) is 2.58. The van der Waals surface area contributed by atoms with E-state index in [1.165, 1.54) is 0 Å². The van der Waals surface area contributed by atoms with E-state index in [0.717, 1.165) is 19.3 Å². The van der Waals surface area contributed by atoms with Gasteiger partial charge in [0, 0.05) is 19.8 Å². The van der Waals surface area contributed by atoms with Crippen molar-refractivity contribution in [3.05, 3.63) is 0 Å². The molecule has 0 aromatic carbocycles. The van der Waals surface area contributed by atoms with Gasteiger partial charge in [0.05, 0.1) is 5.92 Å². The molecular weight excluding hydrogens is 264 g/mol. The molecule has 0 N–H and O–H groups in total. The van der Waals surface area contributed by atoms with Gasteiger partial charge in [-0.15, -0.1) is 0 Å². The van der Waals surface area contributed by atoms with Crippen molar-refractivity contribution >= 4 is 15.0 Å². The van der Waals surface area contributed by atoms with Crippen molar-refractivity contribution in [2.75, 3.05) is 19.8 Å².